The number of unbranched alkanes of at least 4 members (excludes halogenated alkanes) is 5. The predicted octanol–water partition coefficient (Wildman–Crippen LogP) is 4.73. The van der Waals surface area contributed by atoms with E-state index in [1.807, 2.05) is 0 Å². The van der Waals surface area contributed by atoms with Crippen molar-refractivity contribution in [2.75, 3.05) is 53.9 Å². The molecule has 6 heteroatoms. The molecule has 0 bridgehead atoms. The van der Waals surface area contributed by atoms with Crippen LogP contribution in [0.1, 0.15) is 77.6 Å². The highest BCUT2D eigenvalue weighted by Crippen LogP contribution is 2.35. The minimum atomic E-state index is -0.539. The van der Waals surface area contributed by atoms with Crippen LogP contribution in [0.5, 0.6) is 0 Å². The Labute approximate surface area is 184 Å². The van der Waals surface area contributed by atoms with Gasteiger partial charge in [-0.2, -0.15) is 0 Å². The van der Waals surface area contributed by atoms with Gasteiger partial charge in [0, 0.05) is 39.8 Å². The molecule has 2 fully saturated rings. The summed E-state index contributed by atoms with van der Waals surface area (Å²) in [7, 11) is 3.58. The third kappa shape index (κ3) is 10.9. The van der Waals surface area contributed by atoms with E-state index in [4.69, 9.17) is 28.4 Å². The largest absolute Gasteiger partial charge is 0.379 e. The summed E-state index contributed by atoms with van der Waals surface area (Å²) in [4.78, 5) is 0. The van der Waals surface area contributed by atoms with E-state index in [9.17, 15) is 0 Å². The minimum absolute atomic E-state index is 0.320. The zero-order valence-corrected chi connectivity index (χ0v) is 19.7. The first-order chi connectivity index (χ1) is 14.7. The van der Waals surface area contributed by atoms with Crippen LogP contribution in [-0.2, 0) is 28.4 Å². The molecular weight excluding hydrogens is 384 g/mol. The van der Waals surface area contributed by atoms with Gasteiger partial charge in [0.25, 0.3) is 0 Å². The van der Waals surface area contributed by atoms with Crippen molar-refractivity contribution in [1.82, 2.24) is 0 Å². The molecule has 3 unspecified atom stereocenters. The molecule has 0 aromatic rings. The van der Waals surface area contributed by atoms with Crippen molar-refractivity contribution in [2.45, 2.75) is 95.5 Å². The molecular formula is C24H46O6. The van der Waals surface area contributed by atoms with Crippen LogP contribution in [0.15, 0.2) is 0 Å². The molecule has 0 aromatic heterocycles. The maximum Gasteiger partial charge on any atom is 0.170 e. The molecule has 178 valence electrons. The molecule has 0 aromatic carbocycles. The molecule has 0 saturated carbocycles. The van der Waals surface area contributed by atoms with Gasteiger partial charge in [-0.3, -0.25) is 0 Å². The van der Waals surface area contributed by atoms with Gasteiger partial charge in [0.1, 0.15) is 12.2 Å². The van der Waals surface area contributed by atoms with Gasteiger partial charge in [-0.25, -0.2) is 0 Å². The van der Waals surface area contributed by atoms with Crippen molar-refractivity contribution in [2.24, 2.45) is 5.92 Å². The average molecular weight is 431 g/mol. The van der Waals surface area contributed by atoms with Crippen LogP contribution in [0.3, 0.4) is 0 Å². The van der Waals surface area contributed by atoms with E-state index in [1.165, 1.54) is 38.5 Å². The molecule has 6 nitrogen and oxygen atoms in total. The maximum atomic E-state index is 6.03. The summed E-state index contributed by atoms with van der Waals surface area (Å²) in [6, 6.07) is 0. The van der Waals surface area contributed by atoms with Crippen LogP contribution in [0, 0.1) is 5.92 Å². The zero-order chi connectivity index (χ0) is 21.5. The summed E-state index contributed by atoms with van der Waals surface area (Å²) in [5, 5.41) is 0. The Morgan fingerprint density at radius 3 is 1.87 bits per heavy atom. The lowest BCUT2D eigenvalue weighted by Crippen LogP contribution is -2.42. The molecule has 0 N–H and O–H groups in total. The van der Waals surface area contributed by atoms with Crippen LogP contribution in [0.2, 0.25) is 0 Å². The number of epoxide rings is 2. The number of hydrogen-bond donors (Lipinski definition) is 0. The Hall–Kier alpha value is -0.240. The third-order valence-electron chi connectivity index (χ3n) is 6.29. The lowest BCUT2D eigenvalue weighted by Gasteiger charge is -2.39. The second-order valence-corrected chi connectivity index (χ2v) is 8.78. The first kappa shape index (κ1) is 26.0. The number of rotatable bonds is 22. The summed E-state index contributed by atoms with van der Waals surface area (Å²) in [5.41, 5.74) is 0. The first-order valence-electron chi connectivity index (χ1n) is 12.2. The summed E-state index contributed by atoms with van der Waals surface area (Å²) >= 11 is 0. The van der Waals surface area contributed by atoms with Crippen LogP contribution in [0.4, 0.5) is 0 Å². The lowest BCUT2D eigenvalue weighted by atomic mass is 9.85. The number of methoxy groups -OCH3 is 2. The Balaban J connectivity index is 1.75. The maximum absolute atomic E-state index is 6.03. The summed E-state index contributed by atoms with van der Waals surface area (Å²) in [6.07, 6.45) is 13.5. The molecule has 2 heterocycles. The van der Waals surface area contributed by atoms with Crippen LogP contribution < -0.4 is 0 Å². The Morgan fingerprint density at radius 1 is 0.767 bits per heavy atom. The molecule has 2 rings (SSSR count). The second kappa shape index (κ2) is 15.5. The van der Waals surface area contributed by atoms with Crippen molar-refractivity contribution in [3.63, 3.8) is 0 Å². The Morgan fingerprint density at radius 2 is 1.30 bits per heavy atom. The van der Waals surface area contributed by atoms with Gasteiger partial charge in [-0.05, 0) is 25.7 Å². The molecule has 0 amide bonds. The van der Waals surface area contributed by atoms with Gasteiger partial charge in [0.05, 0.1) is 26.4 Å². The van der Waals surface area contributed by atoms with Crippen LogP contribution in [-0.4, -0.2) is 71.9 Å². The number of hydrogen-bond acceptors (Lipinski definition) is 6. The van der Waals surface area contributed by atoms with E-state index >= 15 is 0 Å². The molecule has 2 aliphatic heterocycles. The standard InChI is InChI=1S/C24H46O6/c1-4-5-6-7-8-9-12-21(13-10-15-27-17-22-19-29-22)24(25-2,26-3)14-11-16-28-18-23-20-30-23/h21-23H,4-20H2,1-3H3. The Kier molecular flexibility index (Phi) is 13.5. The highest BCUT2D eigenvalue weighted by molar-refractivity contribution is 4.80. The third-order valence-corrected chi connectivity index (χ3v) is 6.29. The first-order valence-corrected chi connectivity index (χ1v) is 12.2. The van der Waals surface area contributed by atoms with Crippen molar-refractivity contribution in [1.29, 1.82) is 0 Å². The van der Waals surface area contributed by atoms with Gasteiger partial charge in [-0.1, -0.05) is 45.4 Å². The van der Waals surface area contributed by atoms with E-state index in [1.54, 1.807) is 14.2 Å². The number of ether oxygens (including phenoxy) is 6. The van der Waals surface area contributed by atoms with Crippen molar-refractivity contribution in [3.05, 3.63) is 0 Å². The lowest BCUT2D eigenvalue weighted by molar-refractivity contribution is -0.248. The van der Waals surface area contributed by atoms with Gasteiger partial charge in [0.15, 0.2) is 5.79 Å². The molecule has 30 heavy (non-hydrogen) atoms. The predicted molar refractivity (Wildman–Crippen MR) is 118 cm³/mol. The van der Waals surface area contributed by atoms with E-state index in [0.29, 0.717) is 24.7 Å². The molecule has 0 radical (unpaired) electrons. The average Bonchev–Trinajstić information content (AvgIpc) is 3.67. The molecule has 3 atom stereocenters. The molecule has 0 aliphatic carbocycles. The monoisotopic (exact) mass is 430 g/mol. The van der Waals surface area contributed by atoms with Crippen LogP contribution >= 0.6 is 0 Å². The minimum Gasteiger partial charge on any atom is -0.379 e. The quantitative estimate of drug-likeness (QED) is 0.141. The molecule has 0 spiro atoms. The second-order valence-electron chi connectivity index (χ2n) is 8.78. The van der Waals surface area contributed by atoms with Crippen molar-refractivity contribution in [3.8, 4) is 0 Å². The van der Waals surface area contributed by atoms with E-state index in [0.717, 1.165) is 65.1 Å². The van der Waals surface area contributed by atoms with E-state index < -0.39 is 5.79 Å². The fourth-order valence-electron chi connectivity index (χ4n) is 4.19. The summed E-state index contributed by atoms with van der Waals surface area (Å²) in [5.74, 6) is -0.172. The normalized spacial score (nSPS) is 21.7. The van der Waals surface area contributed by atoms with E-state index in [-0.39, 0.29) is 0 Å². The Bertz CT molecular complexity index is 407. The fraction of sp³-hybridized carbons (Fsp3) is 1.00. The smallest absolute Gasteiger partial charge is 0.170 e. The SMILES string of the molecule is CCCCCCCCC(CCCOCC1CO1)C(CCCOCC1CO1)(OC)OC. The van der Waals surface area contributed by atoms with Gasteiger partial charge in [-0.15, -0.1) is 0 Å². The summed E-state index contributed by atoms with van der Waals surface area (Å²) < 4.78 is 34.0. The van der Waals surface area contributed by atoms with Gasteiger partial charge >= 0.3 is 0 Å². The summed E-state index contributed by atoms with van der Waals surface area (Å²) in [6.45, 7) is 6.89. The van der Waals surface area contributed by atoms with Crippen molar-refractivity contribution >= 4 is 0 Å². The fourth-order valence-corrected chi connectivity index (χ4v) is 4.19. The molecule has 2 aliphatic rings. The highest BCUT2D eigenvalue weighted by atomic mass is 16.7. The zero-order valence-electron chi connectivity index (χ0n) is 19.7. The van der Waals surface area contributed by atoms with Crippen LogP contribution in [0.25, 0.3) is 0 Å². The van der Waals surface area contributed by atoms with Gasteiger partial charge in [0.2, 0.25) is 0 Å². The highest BCUT2D eigenvalue weighted by Gasteiger charge is 2.38. The van der Waals surface area contributed by atoms with Crippen molar-refractivity contribution < 1.29 is 28.4 Å². The van der Waals surface area contributed by atoms with Gasteiger partial charge < -0.3 is 28.4 Å². The molecule has 2 saturated heterocycles. The van der Waals surface area contributed by atoms with E-state index in [2.05, 4.69) is 6.92 Å². The topological polar surface area (TPSA) is 62.0 Å².